The molecule has 0 bridgehead atoms. The molecule has 1 aromatic heterocycles. The normalized spacial score (nSPS) is 18.5. The van der Waals surface area contributed by atoms with Crippen LogP contribution in [0.1, 0.15) is 44.3 Å². The first kappa shape index (κ1) is 27.4. The quantitative estimate of drug-likeness (QED) is 0.445. The van der Waals surface area contributed by atoms with Crippen molar-refractivity contribution in [3.8, 4) is 0 Å². The molecule has 2 amide bonds. The summed E-state index contributed by atoms with van der Waals surface area (Å²) >= 11 is 0. The average Bonchev–Trinajstić information content (AvgIpc) is 3.45. The minimum Gasteiger partial charge on any atom is -0.483 e. The van der Waals surface area contributed by atoms with E-state index in [-0.39, 0.29) is 25.6 Å². The number of carboxylic acid groups (broad SMARTS) is 2. The number of aliphatic hydroxyl groups is 1. The van der Waals surface area contributed by atoms with Crippen LogP contribution in [0.4, 0.5) is 4.79 Å². The van der Waals surface area contributed by atoms with E-state index < -0.39 is 0 Å². The molecule has 1 unspecified atom stereocenters. The van der Waals surface area contributed by atoms with Crippen LogP contribution in [0.2, 0.25) is 0 Å². The summed E-state index contributed by atoms with van der Waals surface area (Å²) in [6, 6.07) is 0.655. The Bertz CT molecular complexity index is 659. The number of aryl methyl sites for hydroxylation is 1. The van der Waals surface area contributed by atoms with Crippen molar-refractivity contribution >= 4 is 19.0 Å². The molecule has 1 aliphatic heterocycles. The molecule has 1 aliphatic carbocycles. The molecule has 11 nitrogen and oxygen atoms in total. The zero-order valence-corrected chi connectivity index (χ0v) is 18.8. The van der Waals surface area contributed by atoms with Crippen molar-refractivity contribution in [3.63, 3.8) is 0 Å². The Balaban J connectivity index is 0.000000769. The number of imidazole rings is 1. The van der Waals surface area contributed by atoms with Crippen LogP contribution >= 0.6 is 0 Å². The van der Waals surface area contributed by atoms with Gasteiger partial charge < -0.3 is 35.0 Å². The molecular formula is C21H37N5O6. The van der Waals surface area contributed by atoms with Crippen molar-refractivity contribution < 1.29 is 29.7 Å². The van der Waals surface area contributed by atoms with Crippen molar-refractivity contribution in [2.75, 3.05) is 32.8 Å². The summed E-state index contributed by atoms with van der Waals surface area (Å²) in [4.78, 5) is 37.9. The van der Waals surface area contributed by atoms with E-state index in [2.05, 4.69) is 15.2 Å². The lowest BCUT2D eigenvalue weighted by Crippen LogP contribution is -2.47. The maximum atomic E-state index is 12.6. The highest BCUT2D eigenvalue weighted by molar-refractivity contribution is 5.74. The van der Waals surface area contributed by atoms with Crippen LogP contribution in [-0.2, 0) is 23.2 Å². The number of nitrogens with one attached hydrogen (secondary N) is 1. The molecule has 3 rings (SSSR count). The van der Waals surface area contributed by atoms with Crippen molar-refractivity contribution in [2.24, 2.45) is 13.0 Å². The molecule has 32 heavy (non-hydrogen) atoms. The number of carbonyl (C=O) groups is 3. The van der Waals surface area contributed by atoms with Gasteiger partial charge in [0.25, 0.3) is 12.9 Å². The minimum atomic E-state index is -0.250. The highest BCUT2D eigenvalue weighted by atomic mass is 16.3. The van der Waals surface area contributed by atoms with Crippen LogP contribution in [0.5, 0.6) is 0 Å². The molecule has 11 heteroatoms. The standard InChI is InChI=1S/C19H33N5O2.2CH2O2/c1-22-10-8-20-18(22)15-24(11-12-25)19(26)21-13-16-5-4-9-23(14-16)17-6-2-3-7-17;2*2-1-3/h8,10,16-17,25H,2-7,9,11-15H2,1H3,(H,21,26);2*1H,(H,2,3). The molecule has 1 saturated heterocycles. The van der Waals surface area contributed by atoms with Gasteiger partial charge in [0.15, 0.2) is 0 Å². The van der Waals surface area contributed by atoms with Crippen LogP contribution < -0.4 is 5.32 Å². The molecule has 2 aliphatic rings. The lowest BCUT2D eigenvalue weighted by Gasteiger charge is -2.37. The molecule has 182 valence electrons. The van der Waals surface area contributed by atoms with E-state index in [1.54, 1.807) is 11.1 Å². The van der Waals surface area contributed by atoms with Gasteiger partial charge in [-0.15, -0.1) is 0 Å². The lowest BCUT2D eigenvalue weighted by molar-refractivity contribution is -0.123. The zero-order chi connectivity index (χ0) is 23.8. The third kappa shape index (κ3) is 9.65. The van der Waals surface area contributed by atoms with Gasteiger partial charge in [-0.2, -0.15) is 0 Å². The zero-order valence-electron chi connectivity index (χ0n) is 18.8. The number of hydrogen-bond acceptors (Lipinski definition) is 6. The van der Waals surface area contributed by atoms with E-state index in [9.17, 15) is 9.90 Å². The van der Waals surface area contributed by atoms with Crippen molar-refractivity contribution in [1.29, 1.82) is 0 Å². The van der Waals surface area contributed by atoms with Gasteiger partial charge in [0.1, 0.15) is 5.82 Å². The second-order valence-electron chi connectivity index (χ2n) is 7.94. The SMILES string of the molecule is Cn1ccnc1CN(CCO)C(=O)NCC1CCCN(C2CCCC2)C1.O=CO.O=CO. The number of likely N-dealkylation sites (tertiary alicyclic amines) is 1. The van der Waals surface area contributed by atoms with Gasteiger partial charge in [-0.25, -0.2) is 9.78 Å². The highest BCUT2D eigenvalue weighted by Gasteiger charge is 2.28. The lowest BCUT2D eigenvalue weighted by atomic mass is 9.96. The Kier molecular flexibility index (Phi) is 13.7. The fraction of sp³-hybridized carbons (Fsp3) is 0.714. The third-order valence-electron chi connectivity index (χ3n) is 5.84. The van der Waals surface area contributed by atoms with Crippen LogP contribution in [-0.4, -0.2) is 92.5 Å². The smallest absolute Gasteiger partial charge is 0.317 e. The molecule has 2 heterocycles. The van der Waals surface area contributed by atoms with Crippen LogP contribution in [0.25, 0.3) is 0 Å². The summed E-state index contributed by atoms with van der Waals surface area (Å²) < 4.78 is 1.90. The summed E-state index contributed by atoms with van der Waals surface area (Å²) in [5, 5.41) is 26.2. The minimum absolute atomic E-state index is 0.0449. The number of aliphatic hydroxyl groups excluding tert-OH is 1. The average molecular weight is 456 g/mol. The van der Waals surface area contributed by atoms with Crippen LogP contribution in [0.3, 0.4) is 0 Å². The highest BCUT2D eigenvalue weighted by Crippen LogP contribution is 2.27. The molecule has 1 atom stereocenters. The number of urea groups is 1. The summed E-state index contributed by atoms with van der Waals surface area (Å²) in [6.45, 7) is 3.21. The number of amides is 2. The molecule has 0 radical (unpaired) electrons. The predicted molar refractivity (Wildman–Crippen MR) is 118 cm³/mol. The number of carbonyl (C=O) groups excluding carboxylic acids is 1. The first-order valence-corrected chi connectivity index (χ1v) is 11.0. The van der Waals surface area contributed by atoms with Crippen molar-refractivity contribution in [2.45, 2.75) is 51.1 Å². The summed E-state index contributed by atoms with van der Waals surface area (Å²) in [5.41, 5.74) is 0. The first-order chi connectivity index (χ1) is 15.5. The number of piperidine rings is 1. The van der Waals surface area contributed by atoms with Crippen LogP contribution in [0, 0.1) is 5.92 Å². The van der Waals surface area contributed by atoms with Crippen molar-refractivity contribution in [1.82, 2.24) is 24.7 Å². The molecule has 1 aromatic rings. The van der Waals surface area contributed by atoms with Gasteiger partial charge in [0.05, 0.1) is 13.2 Å². The van der Waals surface area contributed by atoms with Gasteiger partial charge in [-0.05, 0) is 38.1 Å². The Morgan fingerprint density at radius 1 is 1.22 bits per heavy atom. The van der Waals surface area contributed by atoms with E-state index in [4.69, 9.17) is 19.8 Å². The topological polar surface area (TPSA) is 148 Å². The maximum absolute atomic E-state index is 12.6. The third-order valence-corrected chi connectivity index (χ3v) is 5.84. The Morgan fingerprint density at radius 2 is 1.88 bits per heavy atom. The van der Waals surface area contributed by atoms with Gasteiger partial charge in [0.2, 0.25) is 0 Å². The summed E-state index contributed by atoms with van der Waals surface area (Å²) in [6.07, 6.45) is 11.4. The Hall–Kier alpha value is -2.66. The number of rotatable bonds is 7. The monoisotopic (exact) mass is 455 g/mol. The van der Waals surface area contributed by atoms with Gasteiger partial charge in [-0.1, -0.05) is 12.8 Å². The fourth-order valence-electron chi connectivity index (χ4n) is 4.30. The fourth-order valence-corrected chi connectivity index (χ4v) is 4.30. The number of nitrogens with zero attached hydrogens (tertiary/aromatic N) is 4. The van der Waals surface area contributed by atoms with Crippen molar-refractivity contribution in [3.05, 3.63) is 18.2 Å². The van der Waals surface area contributed by atoms with Gasteiger partial charge >= 0.3 is 6.03 Å². The second-order valence-corrected chi connectivity index (χ2v) is 7.94. The van der Waals surface area contributed by atoms with E-state index in [0.717, 1.165) is 18.4 Å². The van der Waals surface area contributed by atoms with E-state index in [1.807, 2.05) is 17.8 Å². The molecule has 2 fully saturated rings. The number of hydrogen-bond donors (Lipinski definition) is 4. The van der Waals surface area contributed by atoms with Gasteiger partial charge in [0, 0.05) is 45.1 Å². The van der Waals surface area contributed by atoms with Gasteiger partial charge in [-0.3, -0.25) is 9.59 Å². The summed E-state index contributed by atoms with van der Waals surface area (Å²) in [5.74, 6) is 1.34. The largest absolute Gasteiger partial charge is 0.483 e. The molecule has 0 spiro atoms. The van der Waals surface area contributed by atoms with E-state index >= 15 is 0 Å². The number of aromatic nitrogens is 2. The summed E-state index contributed by atoms with van der Waals surface area (Å²) in [7, 11) is 1.91. The van der Waals surface area contributed by atoms with E-state index in [1.165, 1.54) is 45.1 Å². The predicted octanol–water partition coefficient (Wildman–Crippen LogP) is 0.980. The second kappa shape index (κ2) is 16.0. The molecule has 0 aromatic carbocycles. The first-order valence-electron chi connectivity index (χ1n) is 11.0. The Morgan fingerprint density at radius 3 is 2.44 bits per heavy atom. The molecule has 1 saturated carbocycles. The molecule has 4 N–H and O–H groups in total. The Labute approximate surface area is 189 Å². The maximum Gasteiger partial charge on any atom is 0.317 e. The van der Waals surface area contributed by atoms with E-state index in [0.29, 0.717) is 25.6 Å². The molecular weight excluding hydrogens is 418 g/mol. The van der Waals surface area contributed by atoms with Crippen LogP contribution in [0.15, 0.2) is 12.4 Å².